The molecule has 0 spiro atoms. The summed E-state index contributed by atoms with van der Waals surface area (Å²) in [6.45, 7) is 3.02. The minimum absolute atomic E-state index is 0.115. The van der Waals surface area contributed by atoms with Crippen LogP contribution in [0.3, 0.4) is 0 Å². The molecule has 0 fully saturated rings. The Kier molecular flexibility index (Phi) is 6.84. The van der Waals surface area contributed by atoms with Crippen LogP contribution in [0.2, 0.25) is 0 Å². The number of aromatic nitrogens is 2. The van der Waals surface area contributed by atoms with Gasteiger partial charge in [0, 0.05) is 12.2 Å². The predicted octanol–water partition coefficient (Wildman–Crippen LogP) is 3.35. The lowest BCUT2D eigenvalue weighted by Gasteiger charge is -2.03. The Morgan fingerprint density at radius 3 is 2.83 bits per heavy atom. The molecule has 0 aliphatic heterocycles. The van der Waals surface area contributed by atoms with Gasteiger partial charge in [0.1, 0.15) is 0 Å². The molecule has 0 unspecified atom stereocenters. The van der Waals surface area contributed by atoms with E-state index in [9.17, 15) is 4.79 Å². The van der Waals surface area contributed by atoms with Crippen LogP contribution in [-0.4, -0.2) is 28.4 Å². The summed E-state index contributed by atoms with van der Waals surface area (Å²) < 4.78 is 0.763. The molecule has 1 aromatic carbocycles. The van der Waals surface area contributed by atoms with E-state index in [0.717, 1.165) is 28.9 Å². The smallest absolute Gasteiger partial charge is 0.234 e. The maximum Gasteiger partial charge on any atom is 0.234 e. The highest BCUT2D eigenvalue weighted by Crippen LogP contribution is 2.25. The van der Waals surface area contributed by atoms with Crippen molar-refractivity contribution in [2.24, 2.45) is 0 Å². The van der Waals surface area contributed by atoms with Gasteiger partial charge in [0.15, 0.2) is 4.34 Å². The molecule has 0 aliphatic rings. The van der Waals surface area contributed by atoms with Crippen LogP contribution in [-0.2, 0) is 4.79 Å². The van der Waals surface area contributed by atoms with Gasteiger partial charge >= 0.3 is 0 Å². The van der Waals surface area contributed by atoms with E-state index in [0.29, 0.717) is 11.3 Å². The van der Waals surface area contributed by atoms with Crippen molar-refractivity contribution in [3.63, 3.8) is 0 Å². The van der Waals surface area contributed by atoms with Crippen molar-refractivity contribution in [3.8, 4) is 6.07 Å². The van der Waals surface area contributed by atoms with Crippen LogP contribution in [0, 0.1) is 11.3 Å². The van der Waals surface area contributed by atoms with Crippen LogP contribution in [0.15, 0.2) is 28.6 Å². The van der Waals surface area contributed by atoms with E-state index < -0.39 is 0 Å². The van der Waals surface area contributed by atoms with E-state index >= 15 is 0 Å². The lowest BCUT2D eigenvalue weighted by Crippen LogP contribution is -2.13. The van der Waals surface area contributed by atoms with Gasteiger partial charge in [-0.05, 0) is 30.7 Å². The van der Waals surface area contributed by atoms with Crippen molar-refractivity contribution in [1.82, 2.24) is 10.2 Å². The first kappa shape index (κ1) is 17.2. The average Bonchev–Trinajstić information content (AvgIpc) is 3.02. The van der Waals surface area contributed by atoms with Crippen molar-refractivity contribution in [2.45, 2.75) is 24.1 Å². The van der Waals surface area contributed by atoms with Gasteiger partial charge in [-0.15, -0.1) is 10.2 Å². The number of amides is 1. The van der Waals surface area contributed by atoms with E-state index in [2.05, 4.69) is 27.8 Å². The summed E-state index contributed by atoms with van der Waals surface area (Å²) in [6.07, 6.45) is 2.22. The SMILES string of the molecule is CCCCNc1nnc(SCC(=O)Nc2ccc(C#N)cc2)s1. The largest absolute Gasteiger partial charge is 0.360 e. The molecule has 0 bridgehead atoms. The van der Waals surface area contributed by atoms with Crippen molar-refractivity contribution in [3.05, 3.63) is 29.8 Å². The van der Waals surface area contributed by atoms with Crippen LogP contribution in [0.1, 0.15) is 25.3 Å². The number of unbranched alkanes of at least 4 members (excludes halogenated alkanes) is 1. The highest BCUT2D eigenvalue weighted by atomic mass is 32.2. The fourth-order valence-electron chi connectivity index (χ4n) is 1.66. The minimum atomic E-state index is -0.115. The molecule has 0 radical (unpaired) electrons. The van der Waals surface area contributed by atoms with Gasteiger partial charge in [0.2, 0.25) is 11.0 Å². The Labute approximate surface area is 143 Å². The van der Waals surface area contributed by atoms with Gasteiger partial charge < -0.3 is 10.6 Å². The second-order valence-electron chi connectivity index (χ2n) is 4.68. The van der Waals surface area contributed by atoms with Crippen LogP contribution < -0.4 is 10.6 Å². The Bertz CT molecular complexity index is 678. The lowest BCUT2D eigenvalue weighted by atomic mass is 10.2. The Hall–Kier alpha value is -2.11. The lowest BCUT2D eigenvalue weighted by molar-refractivity contribution is -0.113. The normalized spacial score (nSPS) is 10.1. The Morgan fingerprint density at radius 2 is 2.13 bits per heavy atom. The molecule has 1 heterocycles. The molecule has 2 rings (SSSR count). The summed E-state index contributed by atoms with van der Waals surface area (Å²) in [6, 6.07) is 8.80. The summed E-state index contributed by atoms with van der Waals surface area (Å²) in [5, 5.41) is 23.6. The topological polar surface area (TPSA) is 90.7 Å². The first-order valence-corrected chi connectivity index (χ1v) is 9.01. The third-order valence-corrected chi connectivity index (χ3v) is 4.85. The van der Waals surface area contributed by atoms with Gasteiger partial charge in [0.05, 0.1) is 17.4 Å². The summed E-state index contributed by atoms with van der Waals surface area (Å²) in [4.78, 5) is 11.9. The van der Waals surface area contributed by atoms with Crippen LogP contribution in [0.25, 0.3) is 0 Å². The third kappa shape index (κ3) is 5.88. The van der Waals surface area contributed by atoms with Gasteiger partial charge in [-0.2, -0.15) is 5.26 Å². The molecule has 0 saturated carbocycles. The number of anilines is 2. The second-order valence-corrected chi connectivity index (χ2v) is 6.88. The Balaban J connectivity index is 1.76. The zero-order valence-electron chi connectivity index (χ0n) is 12.7. The maximum atomic E-state index is 11.9. The van der Waals surface area contributed by atoms with Crippen molar-refractivity contribution >= 4 is 39.8 Å². The van der Waals surface area contributed by atoms with E-state index in [-0.39, 0.29) is 11.7 Å². The van der Waals surface area contributed by atoms with Crippen molar-refractivity contribution in [1.29, 1.82) is 5.26 Å². The quantitative estimate of drug-likeness (QED) is 0.562. The van der Waals surface area contributed by atoms with E-state index in [1.807, 2.05) is 6.07 Å². The molecule has 2 N–H and O–H groups in total. The van der Waals surface area contributed by atoms with Crippen LogP contribution >= 0.6 is 23.1 Å². The molecule has 0 atom stereocenters. The molecule has 0 saturated heterocycles. The number of nitrogens with one attached hydrogen (secondary N) is 2. The van der Waals surface area contributed by atoms with Gasteiger partial charge in [-0.1, -0.05) is 36.4 Å². The summed E-state index contributed by atoms with van der Waals surface area (Å²) >= 11 is 2.81. The maximum absolute atomic E-state index is 11.9. The third-order valence-electron chi connectivity index (χ3n) is 2.84. The fraction of sp³-hybridized carbons (Fsp3) is 0.333. The van der Waals surface area contributed by atoms with E-state index in [4.69, 9.17) is 5.26 Å². The standard InChI is InChI=1S/C15H17N5OS2/c1-2-3-8-17-14-19-20-15(23-14)22-10-13(21)18-12-6-4-11(9-16)5-7-12/h4-7H,2-3,8,10H2,1H3,(H,17,19)(H,18,21). The first-order chi connectivity index (χ1) is 11.2. The van der Waals surface area contributed by atoms with Gasteiger partial charge in [0.25, 0.3) is 0 Å². The molecule has 1 amide bonds. The number of nitrogens with zero attached hydrogens (tertiary/aromatic N) is 3. The number of thioether (sulfide) groups is 1. The second kappa shape index (κ2) is 9.12. The molecule has 2 aromatic rings. The average molecular weight is 347 g/mol. The van der Waals surface area contributed by atoms with E-state index in [1.165, 1.54) is 23.1 Å². The number of rotatable bonds is 8. The number of carbonyl (C=O) groups is 1. The predicted molar refractivity (Wildman–Crippen MR) is 93.8 cm³/mol. The highest BCUT2D eigenvalue weighted by Gasteiger charge is 2.08. The van der Waals surface area contributed by atoms with Crippen molar-refractivity contribution < 1.29 is 4.79 Å². The molecule has 8 heteroatoms. The van der Waals surface area contributed by atoms with Crippen LogP contribution in [0.4, 0.5) is 10.8 Å². The minimum Gasteiger partial charge on any atom is -0.360 e. The van der Waals surface area contributed by atoms with Gasteiger partial charge in [-0.25, -0.2) is 0 Å². The number of hydrogen-bond donors (Lipinski definition) is 2. The molecule has 1 aromatic heterocycles. The first-order valence-electron chi connectivity index (χ1n) is 7.21. The van der Waals surface area contributed by atoms with Crippen LogP contribution in [0.5, 0.6) is 0 Å². The zero-order valence-corrected chi connectivity index (χ0v) is 14.3. The fourth-order valence-corrected chi connectivity index (χ4v) is 3.24. The number of hydrogen-bond acceptors (Lipinski definition) is 7. The molecular formula is C15H17N5OS2. The highest BCUT2D eigenvalue weighted by molar-refractivity contribution is 8.01. The summed E-state index contributed by atoms with van der Waals surface area (Å²) in [5.74, 6) is 0.152. The molecule has 120 valence electrons. The zero-order chi connectivity index (χ0) is 16.5. The monoisotopic (exact) mass is 347 g/mol. The number of benzene rings is 1. The summed E-state index contributed by atoms with van der Waals surface area (Å²) in [7, 11) is 0. The van der Waals surface area contributed by atoms with Gasteiger partial charge in [-0.3, -0.25) is 4.79 Å². The molecule has 6 nitrogen and oxygen atoms in total. The number of carbonyl (C=O) groups excluding carboxylic acids is 1. The summed E-state index contributed by atoms with van der Waals surface area (Å²) in [5.41, 5.74) is 1.24. The van der Waals surface area contributed by atoms with Crippen molar-refractivity contribution in [2.75, 3.05) is 22.9 Å². The molecule has 23 heavy (non-hydrogen) atoms. The van der Waals surface area contributed by atoms with E-state index in [1.54, 1.807) is 24.3 Å². The molecule has 0 aliphatic carbocycles. The Morgan fingerprint density at radius 1 is 1.35 bits per heavy atom. The molecular weight excluding hydrogens is 330 g/mol. The number of nitriles is 1.